The summed E-state index contributed by atoms with van der Waals surface area (Å²) in [5.41, 5.74) is 7.29. The maximum absolute atomic E-state index is 12.8. The first-order valence-corrected chi connectivity index (χ1v) is 9.90. The van der Waals surface area contributed by atoms with Gasteiger partial charge < -0.3 is 20.7 Å². The molecule has 1 aromatic rings. The van der Waals surface area contributed by atoms with Gasteiger partial charge in [0.25, 0.3) is 0 Å². The molecule has 0 bridgehead atoms. The summed E-state index contributed by atoms with van der Waals surface area (Å²) in [4.78, 5) is 15.3. The third-order valence-corrected chi connectivity index (χ3v) is 6.36. The van der Waals surface area contributed by atoms with Gasteiger partial charge in [0.05, 0.1) is 6.10 Å². The molecule has 0 aromatic heterocycles. The summed E-state index contributed by atoms with van der Waals surface area (Å²) in [6.07, 6.45) is 4.31. The molecule has 2 atom stereocenters. The van der Waals surface area contributed by atoms with Crippen LogP contribution in [0.4, 0.5) is 5.69 Å². The highest BCUT2D eigenvalue weighted by atomic mass is 16.5. The van der Waals surface area contributed by atoms with E-state index < -0.39 is 5.54 Å². The van der Waals surface area contributed by atoms with Gasteiger partial charge in [-0.25, -0.2) is 0 Å². The number of anilines is 1. The molecule has 3 rings (SSSR count). The first kappa shape index (κ1) is 19.3. The number of ether oxygens (including phenoxy) is 1. The zero-order valence-electron chi connectivity index (χ0n) is 16.4. The van der Waals surface area contributed by atoms with Crippen LogP contribution in [0.25, 0.3) is 0 Å². The molecule has 1 saturated carbocycles. The Kier molecular flexibility index (Phi) is 5.70. The Bertz CT molecular complexity index is 623. The predicted octanol–water partition coefficient (Wildman–Crippen LogP) is 2.80. The molecule has 26 heavy (non-hydrogen) atoms. The molecule has 1 aromatic carbocycles. The molecule has 5 heteroatoms. The van der Waals surface area contributed by atoms with Crippen LogP contribution >= 0.6 is 0 Å². The smallest absolute Gasteiger partial charge is 0.245 e. The quantitative estimate of drug-likeness (QED) is 0.785. The first-order valence-electron chi connectivity index (χ1n) is 9.90. The number of hydrogen-bond acceptors (Lipinski definition) is 4. The molecule has 1 aliphatic carbocycles. The minimum absolute atomic E-state index is 0.0382. The molecule has 2 aliphatic rings. The standard InChI is InChI=1S/C21H33N3O2/c1-4-26-18-15-21(22,20(18,2)3)19(25)23-17-9-7-16(8-10-17)11-14-24-12-5-6-13-24/h7-10,18H,4-6,11-15,22H2,1-3H3,(H,23,25). The number of nitrogens with zero attached hydrogens (tertiary/aromatic N) is 1. The minimum atomic E-state index is -0.888. The van der Waals surface area contributed by atoms with Gasteiger partial charge in [-0.05, 0) is 57.0 Å². The summed E-state index contributed by atoms with van der Waals surface area (Å²) in [5, 5.41) is 3.00. The van der Waals surface area contributed by atoms with Crippen molar-refractivity contribution in [3.63, 3.8) is 0 Å². The molecule has 1 saturated heterocycles. The molecule has 144 valence electrons. The van der Waals surface area contributed by atoms with Crippen LogP contribution in [0.3, 0.4) is 0 Å². The molecule has 2 unspecified atom stereocenters. The highest BCUT2D eigenvalue weighted by molar-refractivity contribution is 5.99. The van der Waals surface area contributed by atoms with Gasteiger partial charge in [-0.1, -0.05) is 26.0 Å². The van der Waals surface area contributed by atoms with E-state index in [9.17, 15) is 4.79 Å². The number of benzene rings is 1. The molecular weight excluding hydrogens is 326 g/mol. The zero-order valence-corrected chi connectivity index (χ0v) is 16.4. The van der Waals surface area contributed by atoms with E-state index in [0.29, 0.717) is 13.0 Å². The lowest BCUT2D eigenvalue weighted by Gasteiger charge is -2.57. The fraction of sp³-hybridized carbons (Fsp3) is 0.667. The number of hydrogen-bond donors (Lipinski definition) is 2. The van der Waals surface area contributed by atoms with Gasteiger partial charge in [-0.15, -0.1) is 0 Å². The number of carbonyl (C=O) groups is 1. The van der Waals surface area contributed by atoms with Crippen LogP contribution in [0.15, 0.2) is 24.3 Å². The van der Waals surface area contributed by atoms with Crippen LogP contribution in [0, 0.1) is 5.41 Å². The van der Waals surface area contributed by atoms with E-state index in [1.165, 1.54) is 31.5 Å². The third kappa shape index (κ3) is 3.66. The van der Waals surface area contributed by atoms with E-state index in [2.05, 4.69) is 22.3 Å². The SMILES string of the molecule is CCOC1CC(N)(C(=O)Nc2ccc(CCN3CCCC3)cc2)C1(C)C. The maximum atomic E-state index is 12.8. The van der Waals surface area contributed by atoms with Gasteiger partial charge in [0, 0.05) is 30.7 Å². The van der Waals surface area contributed by atoms with Gasteiger partial charge in [-0.3, -0.25) is 4.79 Å². The van der Waals surface area contributed by atoms with Crippen LogP contribution in [0.2, 0.25) is 0 Å². The van der Waals surface area contributed by atoms with Crippen molar-refractivity contribution in [3.05, 3.63) is 29.8 Å². The average Bonchev–Trinajstić information content (AvgIpc) is 3.14. The Labute approximate surface area is 157 Å². The van der Waals surface area contributed by atoms with E-state index in [1.54, 1.807) is 0 Å². The number of amides is 1. The second-order valence-corrected chi connectivity index (χ2v) is 8.29. The van der Waals surface area contributed by atoms with Gasteiger partial charge in [0.2, 0.25) is 5.91 Å². The number of likely N-dealkylation sites (tertiary alicyclic amines) is 1. The lowest BCUT2D eigenvalue weighted by molar-refractivity contribution is -0.166. The van der Waals surface area contributed by atoms with E-state index in [0.717, 1.165) is 18.7 Å². The topological polar surface area (TPSA) is 67.6 Å². The Balaban J connectivity index is 1.54. The summed E-state index contributed by atoms with van der Waals surface area (Å²) in [6, 6.07) is 8.16. The van der Waals surface area contributed by atoms with Crippen LogP contribution in [-0.2, 0) is 16.0 Å². The zero-order chi connectivity index (χ0) is 18.8. The Hall–Kier alpha value is -1.43. The number of nitrogens with one attached hydrogen (secondary N) is 1. The second-order valence-electron chi connectivity index (χ2n) is 8.29. The Morgan fingerprint density at radius 2 is 1.92 bits per heavy atom. The largest absolute Gasteiger partial charge is 0.378 e. The van der Waals surface area contributed by atoms with Gasteiger partial charge in [0.1, 0.15) is 5.54 Å². The molecule has 1 aliphatic heterocycles. The highest BCUT2D eigenvalue weighted by Crippen LogP contribution is 2.50. The van der Waals surface area contributed by atoms with Crippen molar-refractivity contribution in [2.75, 3.05) is 31.6 Å². The molecule has 1 amide bonds. The van der Waals surface area contributed by atoms with Crippen molar-refractivity contribution in [3.8, 4) is 0 Å². The molecular formula is C21H33N3O2. The monoisotopic (exact) mass is 359 g/mol. The van der Waals surface area contributed by atoms with Gasteiger partial charge in [-0.2, -0.15) is 0 Å². The summed E-state index contributed by atoms with van der Waals surface area (Å²) < 4.78 is 5.71. The molecule has 0 radical (unpaired) electrons. The Morgan fingerprint density at radius 3 is 2.50 bits per heavy atom. The fourth-order valence-corrected chi connectivity index (χ4v) is 4.11. The van der Waals surface area contributed by atoms with Crippen molar-refractivity contribution in [2.45, 2.75) is 58.1 Å². The van der Waals surface area contributed by atoms with Crippen molar-refractivity contribution in [1.29, 1.82) is 0 Å². The average molecular weight is 360 g/mol. The lowest BCUT2D eigenvalue weighted by atomic mass is 9.54. The molecule has 3 N–H and O–H groups in total. The van der Waals surface area contributed by atoms with Crippen LogP contribution in [0.1, 0.15) is 45.6 Å². The summed E-state index contributed by atoms with van der Waals surface area (Å²) >= 11 is 0. The van der Waals surface area contributed by atoms with Crippen molar-refractivity contribution < 1.29 is 9.53 Å². The number of rotatable bonds is 7. The van der Waals surface area contributed by atoms with E-state index in [4.69, 9.17) is 10.5 Å². The van der Waals surface area contributed by atoms with Gasteiger partial charge >= 0.3 is 0 Å². The summed E-state index contributed by atoms with van der Waals surface area (Å²) in [7, 11) is 0. The lowest BCUT2D eigenvalue weighted by Crippen LogP contribution is -2.74. The molecule has 1 heterocycles. The maximum Gasteiger partial charge on any atom is 0.245 e. The number of carbonyl (C=O) groups excluding carboxylic acids is 1. The third-order valence-electron chi connectivity index (χ3n) is 6.36. The normalized spacial score (nSPS) is 27.9. The summed E-state index contributed by atoms with van der Waals surface area (Å²) in [5.74, 6) is -0.122. The highest BCUT2D eigenvalue weighted by Gasteiger charge is 2.62. The Morgan fingerprint density at radius 1 is 1.27 bits per heavy atom. The van der Waals surface area contributed by atoms with E-state index in [1.807, 2.05) is 32.9 Å². The minimum Gasteiger partial charge on any atom is -0.378 e. The first-order chi connectivity index (χ1) is 12.4. The van der Waals surface area contributed by atoms with Crippen molar-refractivity contribution in [2.24, 2.45) is 11.1 Å². The van der Waals surface area contributed by atoms with Crippen molar-refractivity contribution in [1.82, 2.24) is 4.90 Å². The second kappa shape index (κ2) is 7.67. The van der Waals surface area contributed by atoms with Crippen molar-refractivity contribution >= 4 is 11.6 Å². The van der Waals surface area contributed by atoms with Crippen LogP contribution in [0.5, 0.6) is 0 Å². The van der Waals surface area contributed by atoms with E-state index >= 15 is 0 Å². The van der Waals surface area contributed by atoms with Crippen LogP contribution < -0.4 is 11.1 Å². The van der Waals surface area contributed by atoms with E-state index in [-0.39, 0.29) is 17.4 Å². The predicted molar refractivity (Wildman–Crippen MR) is 105 cm³/mol. The fourth-order valence-electron chi connectivity index (χ4n) is 4.11. The summed E-state index contributed by atoms with van der Waals surface area (Å²) in [6.45, 7) is 10.2. The molecule has 2 fully saturated rings. The van der Waals surface area contributed by atoms with Gasteiger partial charge in [0.15, 0.2) is 0 Å². The number of nitrogens with two attached hydrogens (primary N) is 1. The van der Waals surface area contributed by atoms with Crippen LogP contribution in [-0.4, -0.2) is 48.7 Å². The molecule has 5 nitrogen and oxygen atoms in total. The molecule has 0 spiro atoms.